The fourth-order valence-electron chi connectivity index (χ4n) is 3.64. The molecule has 9 heteroatoms. The van der Waals surface area contributed by atoms with Crippen molar-refractivity contribution in [2.45, 2.75) is 6.54 Å². The third kappa shape index (κ3) is 4.42. The quantitative estimate of drug-likeness (QED) is 0.594. The highest BCUT2D eigenvalue weighted by Gasteiger charge is 2.27. The molecule has 0 fully saturated rings. The zero-order valence-corrected chi connectivity index (χ0v) is 19.6. The summed E-state index contributed by atoms with van der Waals surface area (Å²) in [4.78, 5) is 28.2. The number of hydrogen-bond acceptors (Lipinski definition) is 6. The van der Waals surface area contributed by atoms with E-state index in [4.69, 9.17) is 9.47 Å². The number of carbonyl (C=O) groups excluding carboxylic acids is 1. The fraction of sp³-hybridized carbons (Fsp3) is 0.250. The van der Waals surface area contributed by atoms with Gasteiger partial charge in [0.05, 0.1) is 24.3 Å². The summed E-state index contributed by atoms with van der Waals surface area (Å²) in [6, 6.07) is 9.47. The van der Waals surface area contributed by atoms with Gasteiger partial charge in [-0.1, -0.05) is 0 Å². The zero-order chi connectivity index (χ0) is 23.7. The van der Waals surface area contributed by atoms with Gasteiger partial charge in [0.25, 0.3) is 11.5 Å². The molecule has 172 valence electrons. The number of likely N-dealkylation sites (N-methyl/N-ethyl adjacent to an activating group) is 1. The molecule has 3 aromatic rings. The SMILES string of the molecule is COc1ccc(/C=c2\s/c(=C3/C(=O)Nc4ccc(F)cc43)n(CCN(C)C)c2=O)c(OC)c1. The first kappa shape index (κ1) is 22.8. The lowest BCUT2D eigenvalue weighted by molar-refractivity contribution is -0.110. The Balaban J connectivity index is 1.99. The van der Waals surface area contributed by atoms with Crippen molar-refractivity contribution in [3.63, 3.8) is 0 Å². The number of anilines is 1. The summed E-state index contributed by atoms with van der Waals surface area (Å²) < 4.78 is 27.2. The van der Waals surface area contributed by atoms with Crippen LogP contribution in [0.3, 0.4) is 0 Å². The monoisotopic (exact) mass is 469 g/mol. The predicted molar refractivity (Wildman–Crippen MR) is 127 cm³/mol. The van der Waals surface area contributed by atoms with Gasteiger partial charge in [0, 0.05) is 36.0 Å². The number of methoxy groups -OCH3 is 2. The van der Waals surface area contributed by atoms with Crippen LogP contribution in [-0.4, -0.2) is 50.2 Å². The minimum Gasteiger partial charge on any atom is -0.497 e. The van der Waals surface area contributed by atoms with Crippen LogP contribution in [0.1, 0.15) is 11.1 Å². The number of hydrogen-bond donors (Lipinski definition) is 1. The van der Waals surface area contributed by atoms with Gasteiger partial charge >= 0.3 is 0 Å². The number of ether oxygens (including phenoxy) is 2. The summed E-state index contributed by atoms with van der Waals surface area (Å²) in [6.07, 6.45) is 1.74. The maximum absolute atomic E-state index is 14.0. The van der Waals surface area contributed by atoms with Crippen LogP contribution in [0.4, 0.5) is 10.1 Å². The van der Waals surface area contributed by atoms with Crippen molar-refractivity contribution in [1.29, 1.82) is 0 Å². The van der Waals surface area contributed by atoms with E-state index in [1.54, 1.807) is 43.1 Å². The lowest BCUT2D eigenvalue weighted by atomic mass is 10.1. The molecule has 0 aliphatic carbocycles. The number of fused-ring (bicyclic) bond motifs is 1. The van der Waals surface area contributed by atoms with Crippen molar-refractivity contribution in [3.05, 3.63) is 72.9 Å². The van der Waals surface area contributed by atoms with Gasteiger partial charge in [-0.3, -0.25) is 14.2 Å². The topological polar surface area (TPSA) is 72.8 Å². The van der Waals surface area contributed by atoms with Crippen molar-refractivity contribution in [2.75, 3.05) is 40.2 Å². The number of amides is 1. The van der Waals surface area contributed by atoms with Gasteiger partial charge < -0.3 is 19.7 Å². The zero-order valence-electron chi connectivity index (χ0n) is 18.8. The number of nitrogens with zero attached hydrogens (tertiary/aromatic N) is 2. The molecule has 0 atom stereocenters. The van der Waals surface area contributed by atoms with E-state index in [0.717, 1.165) is 0 Å². The Morgan fingerprint density at radius 3 is 2.61 bits per heavy atom. The predicted octanol–water partition coefficient (Wildman–Crippen LogP) is 1.61. The van der Waals surface area contributed by atoms with Gasteiger partial charge in [-0.2, -0.15) is 0 Å². The Labute approximate surface area is 194 Å². The number of benzene rings is 2. The molecule has 7 nitrogen and oxygen atoms in total. The Morgan fingerprint density at radius 2 is 1.91 bits per heavy atom. The van der Waals surface area contributed by atoms with Crippen LogP contribution in [0.15, 0.2) is 41.2 Å². The summed E-state index contributed by atoms with van der Waals surface area (Å²) in [5.41, 5.74) is 1.76. The van der Waals surface area contributed by atoms with Gasteiger partial charge in [0.15, 0.2) is 0 Å². The molecule has 0 radical (unpaired) electrons. The minimum absolute atomic E-state index is 0.222. The third-order valence-electron chi connectivity index (χ3n) is 5.35. The minimum atomic E-state index is -0.448. The van der Waals surface area contributed by atoms with Crippen LogP contribution in [0, 0.1) is 5.82 Å². The summed E-state index contributed by atoms with van der Waals surface area (Å²) in [7, 11) is 6.93. The molecular weight excluding hydrogens is 445 g/mol. The molecule has 1 aromatic heterocycles. The molecule has 1 amide bonds. The largest absolute Gasteiger partial charge is 0.497 e. The highest BCUT2D eigenvalue weighted by molar-refractivity contribution is 7.07. The van der Waals surface area contributed by atoms with Crippen molar-refractivity contribution in [2.24, 2.45) is 0 Å². The van der Waals surface area contributed by atoms with Crippen molar-refractivity contribution >= 4 is 34.6 Å². The van der Waals surface area contributed by atoms with E-state index in [2.05, 4.69) is 5.32 Å². The molecule has 0 bridgehead atoms. The Bertz CT molecular complexity index is 1410. The second-order valence-corrected chi connectivity index (χ2v) is 8.83. The highest BCUT2D eigenvalue weighted by atomic mass is 32.1. The number of rotatable bonds is 6. The molecule has 0 unspecified atom stereocenters. The van der Waals surface area contributed by atoms with Crippen molar-refractivity contribution in [3.8, 4) is 11.5 Å². The molecule has 1 aliphatic rings. The molecule has 0 saturated carbocycles. The summed E-state index contributed by atoms with van der Waals surface area (Å²) in [5.74, 6) is 0.388. The summed E-state index contributed by atoms with van der Waals surface area (Å²) in [6.45, 7) is 0.979. The summed E-state index contributed by atoms with van der Waals surface area (Å²) in [5, 5.41) is 2.77. The molecule has 1 aliphatic heterocycles. The average molecular weight is 470 g/mol. The van der Waals surface area contributed by atoms with Crippen molar-refractivity contribution in [1.82, 2.24) is 9.47 Å². The first-order valence-corrected chi connectivity index (χ1v) is 11.1. The van der Waals surface area contributed by atoms with E-state index in [0.29, 0.717) is 56.2 Å². The highest BCUT2D eigenvalue weighted by Crippen LogP contribution is 2.30. The van der Waals surface area contributed by atoms with Gasteiger partial charge in [0.2, 0.25) is 0 Å². The average Bonchev–Trinajstić information content (AvgIpc) is 3.27. The molecule has 33 heavy (non-hydrogen) atoms. The Hall–Kier alpha value is -3.43. The lowest BCUT2D eigenvalue weighted by Crippen LogP contribution is -2.36. The van der Waals surface area contributed by atoms with Crippen LogP contribution in [0.5, 0.6) is 11.5 Å². The fourth-order valence-corrected chi connectivity index (χ4v) is 4.82. The van der Waals surface area contributed by atoms with Crippen LogP contribution >= 0.6 is 11.3 Å². The molecule has 0 saturated heterocycles. The Morgan fingerprint density at radius 1 is 1.12 bits per heavy atom. The number of nitrogens with one attached hydrogen (secondary N) is 1. The van der Waals surface area contributed by atoms with Crippen molar-refractivity contribution < 1.29 is 18.7 Å². The van der Waals surface area contributed by atoms with E-state index in [-0.39, 0.29) is 11.5 Å². The smallest absolute Gasteiger partial charge is 0.269 e. The van der Waals surface area contributed by atoms with E-state index in [1.165, 1.54) is 29.5 Å². The van der Waals surface area contributed by atoms with Crippen LogP contribution in [-0.2, 0) is 11.3 Å². The van der Waals surface area contributed by atoms with E-state index >= 15 is 0 Å². The van der Waals surface area contributed by atoms with Gasteiger partial charge in [-0.25, -0.2) is 4.39 Å². The van der Waals surface area contributed by atoms with Gasteiger partial charge in [-0.05, 0) is 50.5 Å². The van der Waals surface area contributed by atoms with Crippen LogP contribution < -0.4 is 29.5 Å². The summed E-state index contributed by atoms with van der Waals surface area (Å²) >= 11 is 1.20. The van der Waals surface area contributed by atoms with Gasteiger partial charge in [-0.15, -0.1) is 11.3 Å². The maximum Gasteiger partial charge on any atom is 0.269 e. The van der Waals surface area contributed by atoms with E-state index in [1.807, 2.05) is 19.0 Å². The number of carbonyl (C=O) groups is 1. The second kappa shape index (κ2) is 9.21. The van der Waals surface area contributed by atoms with Gasteiger partial charge in [0.1, 0.15) is 22.0 Å². The molecule has 1 N–H and O–H groups in total. The Kier molecular flexibility index (Phi) is 6.35. The second-order valence-electron chi connectivity index (χ2n) is 7.80. The van der Waals surface area contributed by atoms with Crippen LogP contribution in [0.2, 0.25) is 0 Å². The maximum atomic E-state index is 14.0. The van der Waals surface area contributed by atoms with E-state index in [9.17, 15) is 14.0 Å². The molecule has 2 heterocycles. The number of aromatic nitrogens is 1. The number of halogens is 1. The molecule has 4 rings (SSSR count). The van der Waals surface area contributed by atoms with E-state index < -0.39 is 5.82 Å². The first-order chi connectivity index (χ1) is 15.8. The molecular formula is C24H24FN3O4S. The first-order valence-electron chi connectivity index (χ1n) is 10.3. The molecule has 0 spiro atoms. The lowest BCUT2D eigenvalue weighted by Gasteiger charge is -2.10. The third-order valence-corrected chi connectivity index (χ3v) is 6.48. The standard InChI is InChI=1S/C24H24FN3O4S/c1-27(2)9-10-28-23(30)20(11-14-5-7-16(31-3)13-19(14)32-4)33-24(28)21-17-12-15(25)6-8-18(17)26-22(21)29/h5-8,11-13H,9-10H2,1-4H3,(H,26,29)/b20-11-,24-21+. The van der Waals surface area contributed by atoms with Crippen LogP contribution in [0.25, 0.3) is 11.6 Å². The number of thiazole rings is 1. The normalized spacial score (nSPS) is 15.1. The molecule has 2 aromatic carbocycles.